The summed E-state index contributed by atoms with van der Waals surface area (Å²) in [6.45, 7) is 6.09. The zero-order valence-electron chi connectivity index (χ0n) is 14.4. The number of aromatic hydroxyl groups is 1. The zero-order valence-corrected chi connectivity index (χ0v) is 14.4. The largest absolute Gasteiger partial charge is 0.504 e. The van der Waals surface area contributed by atoms with Crippen LogP contribution in [-0.4, -0.2) is 34.3 Å². The van der Waals surface area contributed by atoms with Gasteiger partial charge in [0.15, 0.2) is 11.5 Å². The van der Waals surface area contributed by atoms with E-state index < -0.39 is 0 Å². The molecule has 1 aromatic carbocycles. The van der Waals surface area contributed by atoms with Gasteiger partial charge < -0.3 is 15.3 Å². The van der Waals surface area contributed by atoms with Crippen molar-refractivity contribution in [2.75, 3.05) is 18.4 Å². The van der Waals surface area contributed by atoms with Gasteiger partial charge >= 0.3 is 0 Å². The normalized spacial score (nSPS) is 17.6. The molecule has 0 spiro atoms. The van der Waals surface area contributed by atoms with Crippen LogP contribution in [0.15, 0.2) is 12.1 Å². The van der Waals surface area contributed by atoms with E-state index >= 15 is 0 Å². The van der Waals surface area contributed by atoms with E-state index in [0.717, 1.165) is 61.9 Å². The van der Waals surface area contributed by atoms with Gasteiger partial charge in [0.05, 0.1) is 5.52 Å². The lowest BCUT2D eigenvalue weighted by molar-refractivity contribution is -0.0366. The van der Waals surface area contributed by atoms with E-state index in [-0.39, 0.29) is 5.75 Å². The number of nitrogens with one attached hydrogen (secondary N) is 1. The Hall–Kier alpha value is -2.01. The summed E-state index contributed by atoms with van der Waals surface area (Å²) in [6, 6.07) is 4.06. The standard InChI is InChI=1S/C19H25N3O2/c1-12(2)20-19-14-7-5-6-13(14)15-10-17(23)18(11-16(15)21-19)24-22-8-3-4-9-22/h10-12,23H,3-9H2,1-2H3,(H,20,21). The number of phenols is 1. The van der Waals surface area contributed by atoms with Gasteiger partial charge in [-0.3, -0.25) is 0 Å². The average molecular weight is 327 g/mol. The van der Waals surface area contributed by atoms with Crippen LogP contribution in [0.25, 0.3) is 10.9 Å². The first-order valence-electron chi connectivity index (χ1n) is 9.00. The number of benzene rings is 1. The van der Waals surface area contributed by atoms with Crippen LogP contribution in [0.2, 0.25) is 0 Å². The summed E-state index contributed by atoms with van der Waals surface area (Å²) in [5.41, 5.74) is 3.53. The molecule has 1 aromatic heterocycles. The van der Waals surface area contributed by atoms with E-state index in [4.69, 9.17) is 9.82 Å². The summed E-state index contributed by atoms with van der Waals surface area (Å²) in [4.78, 5) is 10.7. The molecule has 0 bridgehead atoms. The van der Waals surface area contributed by atoms with E-state index in [9.17, 15) is 5.11 Å². The molecule has 4 rings (SSSR count). The van der Waals surface area contributed by atoms with Gasteiger partial charge in [0.2, 0.25) is 0 Å². The summed E-state index contributed by atoms with van der Waals surface area (Å²) in [5, 5.41) is 16.9. The van der Waals surface area contributed by atoms with Crippen molar-refractivity contribution in [3.8, 4) is 11.5 Å². The molecule has 0 amide bonds. The lowest BCUT2D eigenvalue weighted by Gasteiger charge is -2.19. The smallest absolute Gasteiger partial charge is 0.191 e. The average Bonchev–Trinajstić information content (AvgIpc) is 3.20. The lowest BCUT2D eigenvalue weighted by atomic mass is 10.0. The van der Waals surface area contributed by atoms with Gasteiger partial charge in [-0.15, -0.1) is 5.06 Å². The molecule has 5 heteroatoms. The number of phenolic OH excluding ortho intramolecular Hbond substituents is 1. The second-order valence-electron chi connectivity index (χ2n) is 7.13. The molecule has 5 nitrogen and oxygen atoms in total. The Kier molecular flexibility index (Phi) is 3.96. The zero-order chi connectivity index (χ0) is 16.7. The van der Waals surface area contributed by atoms with E-state index in [1.54, 1.807) is 0 Å². The van der Waals surface area contributed by atoms with Crippen molar-refractivity contribution >= 4 is 16.7 Å². The molecular formula is C19H25N3O2. The first-order chi connectivity index (χ1) is 11.6. The number of nitrogens with zero attached hydrogens (tertiary/aromatic N) is 2. The molecule has 128 valence electrons. The summed E-state index contributed by atoms with van der Waals surface area (Å²) < 4.78 is 0. The van der Waals surface area contributed by atoms with Crippen molar-refractivity contribution in [2.45, 2.75) is 52.0 Å². The summed E-state index contributed by atoms with van der Waals surface area (Å²) in [7, 11) is 0. The van der Waals surface area contributed by atoms with Crippen molar-refractivity contribution < 1.29 is 9.94 Å². The van der Waals surface area contributed by atoms with Crippen LogP contribution in [0.1, 0.15) is 44.2 Å². The molecule has 1 saturated heterocycles. The highest BCUT2D eigenvalue weighted by Crippen LogP contribution is 2.39. The minimum atomic E-state index is 0.204. The molecule has 1 fully saturated rings. The maximum absolute atomic E-state index is 10.4. The number of fused-ring (bicyclic) bond motifs is 3. The summed E-state index contributed by atoms with van der Waals surface area (Å²) in [6.07, 6.45) is 5.54. The monoisotopic (exact) mass is 327 g/mol. The first kappa shape index (κ1) is 15.5. The number of hydroxylamine groups is 2. The van der Waals surface area contributed by atoms with Crippen LogP contribution in [0.4, 0.5) is 5.82 Å². The van der Waals surface area contributed by atoms with Gasteiger partial charge in [-0.25, -0.2) is 4.98 Å². The minimum Gasteiger partial charge on any atom is -0.504 e. The van der Waals surface area contributed by atoms with Gasteiger partial charge in [0, 0.05) is 30.6 Å². The quantitative estimate of drug-likeness (QED) is 0.898. The van der Waals surface area contributed by atoms with Gasteiger partial charge in [0.25, 0.3) is 0 Å². The van der Waals surface area contributed by atoms with E-state index in [1.165, 1.54) is 11.1 Å². The van der Waals surface area contributed by atoms with Gasteiger partial charge in [-0.05, 0) is 63.1 Å². The Bertz CT molecular complexity index is 767. The Morgan fingerprint density at radius 2 is 1.88 bits per heavy atom. The molecule has 2 aliphatic rings. The Labute approximate surface area is 142 Å². The Morgan fingerprint density at radius 3 is 2.62 bits per heavy atom. The predicted molar refractivity (Wildman–Crippen MR) is 95.6 cm³/mol. The molecule has 0 unspecified atom stereocenters. The molecule has 2 heterocycles. The molecule has 1 aliphatic carbocycles. The van der Waals surface area contributed by atoms with Crippen molar-refractivity contribution in [1.82, 2.24) is 10.0 Å². The van der Waals surface area contributed by atoms with Crippen molar-refractivity contribution in [2.24, 2.45) is 0 Å². The van der Waals surface area contributed by atoms with Crippen LogP contribution in [0, 0.1) is 0 Å². The SMILES string of the molecule is CC(C)Nc1nc2cc(ON3CCCC3)c(O)cc2c2c1CCC2. The number of aromatic nitrogens is 1. The highest BCUT2D eigenvalue weighted by molar-refractivity contribution is 5.89. The topological polar surface area (TPSA) is 57.6 Å². The van der Waals surface area contributed by atoms with E-state index in [0.29, 0.717) is 11.8 Å². The molecule has 0 radical (unpaired) electrons. The highest BCUT2D eigenvalue weighted by Gasteiger charge is 2.22. The molecule has 0 atom stereocenters. The first-order valence-corrected chi connectivity index (χ1v) is 9.00. The predicted octanol–water partition coefficient (Wildman–Crippen LogP) is 3.64. The Balaban J connectivity index is 1.78. The lowest BCUT2D eigenvalue weighted by Crippen LogP contribution is -2.23. The maximum Gasteiger partial charge on any atom is 0.191 e. The van der Waals surface area contributed by atoms with Gasteiger partial charge in [0.1, 0.15) is 5.82 Å². The number of anilines is 1. The van der Waals surface area contributed by atoms with Gasteiger partial charge in [-0.2, -0.15) is 0 Å². The summed E-state index contributed by atoms with van der Waals surface area (Å²) >= 11 is 0. The van der Waals surface area contributed by atoms with E-state index in [2.05, 4.69) is 19.2 Å². The number of hydrogen-bond acceptors (Lipinski definition) is 5. The van der Waals surface area contributed by atoms with E-state index in [1.807, 2.05) is 17.2 Å². The number of hydrogen-bond donors (Lipinski definition) is 2. The Morgan fingerprint density at radius 1 is 1.12 bits per heavy atom. The van der Waals surface area contributed by atoms with Crippen molar-refractivity contribution in [3.63, 3.8) is 0 Å². The third-order valence-electron chi connectivity index (χ3n) is 4.86. The number of pyridine rings is 1. The van der Waals surface area contributed by atoms with Crippen LogP contribution >= 0.6 is 0 Å². The third-order valence-corrected chi connectivity index (χ3v) is 4.86. The minimum absolute atomic E-state index is 0.204. The molecule has 0 saturated carbocycles. The second kappa shape index (κ2) is 6.13. The van der Waals surface area contributed by atoms with Crippen molar-refractivity contribution in [3.05, 3.63) is 23.3 Å². The fourth-order valence-electron chi connectivity index (χ4n) is 3.77. The van der Waals surface area contributed by atoms with Crippen LogP contribution < -0.4 is 10.2 Å². The fourth-order valence-corrected chi connectivity index (χ4v) is 3.77. The van der Waals surface area contributed by atoms with Crippen LogP contribution in [-0.2, 0) is 12.8 Å². The molecule has 24 heavy (non-hydrogen) atoms. The number of rotatable bonds is 4. The highest BCUT2D eigenvalue weighted by atomic mass is 16.7. The second-order valence-corrected chi connectivity index (χ2v) is 7.13. The molecule has 1 aliphatic heterocycles. The maximum atomic E-state index is 10.4. The van der Waals surface area contributed by atoms with Crippen LogP contribution in [0.5, 0.6) is 11.5 Å². The number of aryl methyl sites for hydroxylation is 1. The molecule has 2 aromatic rings. The fraction of sp³-hybridized carbons (Fsp3) is 0.526. The van der Waals surface area contributed by atoms with Crippen LogP contribution in [0.3, 0.4) is 0 Å². The van der Waals surface area contributed by atoms with Crippen molar-refractivity contribution in [1.29, 1.82) is 0 Å². The molecular weight excluding hydrogens is 302 g/mol. The third kappa shape index (κ3) is 2.77. The van der Waals surface area contributed by atoms with Gasteiger partial charge in [-0.1, -0.05) is 0 Å². The molecule has 2 N–H and O–H groups in total. The summed E-state index contributed by atoms with van der Waals surface area (Å²) in [5.74, 6) is 1.70.